The molecule has 126 valence electrons. The predicted octanol–water partition coefficient (Wildman–Crippen LogP) is 1.66. The van der Waals surface area contributed by atoms with Crippen molar-refractivity contribution in [2.75, 3.05) is 26.7 Å². The van der Waals surface area contributed by atoms with Crippen LogP contribution in [0.1, 0.15) is 24.4 Å². The lowest BCUT2D eigenvalue weighted by Gasteiger charge is -2.31. The van der Waals surface area contributed by atoms with Crippen molar-refractivity contribution < 1.29 is 14.3 Å². The minimum absolute atomic E-state index is 0.00111. The Balaban J connectivity index is 1.64. The fourth-order valence-electron chi connectivity index (χ4n) is 3.70. The molecule has 2 atom stereocenters. The molecule has 1 N–H and O–H groups in total. The number of amides is 3. The number of nitrogens with one attached hydrogen (secondary N) is 1. The van der Waals surface area contributed by atoms with Crippen molar-refractivity contribution in [3.8, 4) is 0 Å². The second-order valence-electron chi connectivity index (χ2n) is 6.53. The first-order valence-corrected chi connectivity index (χ1v) is 8.38. The molecular weight excluding hydrogens is 306 g/mol. The van der Waals surface area contributed by atoms with Crippen LogP contribution in [0.4, 0.5) is 4.79 Å². The van der Waals surface area contributed by atoms with Gasteiger partial charge in [0.2, 0.25) is 0 Å². The molecule has 0 aromatic heterocycles. The van der Waals surface area contributed by atoms with Crippen LogP contribution in [0.15, 0.2) is 41.6 Å². The number of ether oxygens (including phenoxy) is 1. The van der Waals surface area contributed by atoms with Gasteiger partial charge in [-0.15, -0.1) is 0 Å². The van der Waals surface area contributed by atoms with Gasteiger partial charge < -0.3 is 15.0 Å². The van der Waals surface area contributed by atoms with Crippen molar-refractivity contribution in [2.45, 2.75) is 25.0 Å². The molecule has 1 fully saturated rings. The predicted molar refractivity (Wildman–Crippen MR) is 88.1 cm³/mol. The third kappa shape index (κ3) is 2.47. The monoisotopic (exact) mass is 327 g/mol. The third-order valence-corrected chi connectivity index (χ3v) is 5.02. The van der Waals surface area contributed by atoms with E-state index in [9.17, 15) is 9.59 Å². The molecule has 3 heterocycles. The largest absolute Gasteiger partial charge is 0.376 e. The number of carbonyl (C=O) groups excluding carboxylic acids is 2. The van der Waals surface area contributed by atoms with E-state index in [4.69, 9.17) is 4.74 Å². The number of nitrogens with zero attached hydrogens (tertiary/aromatic N) is 2. The summed E-state index contributed by atoms with van der Waals surface area (Å²) in [6.45, 7) is 1.84. The quantitative estimate of drug-likeness (QED) is 0.918. The maximum Gasteiger partial charge on any atom is 0.322 e. The summed E-state index contributed by atoms with van der Waals surface area (Å²) < 4.78 is 5.67. The number of hydrogen-bond acceptors (Lipinski definition) is 3. The number of hydrogen-bond donors (Lipinski definition) is 1. The minimum Gasteiger partial charge on any atom is -0.376 e. The molecule has 1 saturated heterocycles. The van der Waals surface area contributed by atoms with Gasteiger partial charge >= 0.3 is 6.03 Å². The summed E-state index contributed by atoms with van der Waals surface area (Å²) in [6.07, 6.45) is 2.15. The Morgan fingerprint density at radius 1 is 1.25 bits per heavy atom. The van der Waals surface area contributed by atoms with Crippen molar-refractivity contribution in [2.24, 2.45) is 0 Å². The number of likely N-dealkylation sites (N-methyl/N-ethyl adjacent to an activating group) is 1. The molecule has 6 heteroatoms. The van der Waals surface area contributed by atoms with Crippen LogP contribution in [0.25, 0.3) is 0 Å². The zero-order valence-electron chi connectivity index (χ0n) is 13.7. The first kappa shape index (κ1) is 15.2. The third-order valence-electron chi connectivity index (χ3n) is 5.02. The number of urea groups is 1. The Morgan fingerprint density at radius 3 is 2.75 bits per heavy atom. The van der Waals surface area contributed by atoms with E-state index >= 15 is 0 Å². The van der Waals surface area contributed by atoms with E-state index < -0.39 is 0 Å². The van der Waals surface area contributed by atoms with Crippen LogP contribution in [0, 0.1) is 0 Å². The number of carbonyl (C=O) groups is 2. The summed E-state index contributed by atoms with van der Waals surface area (Å²) in [7, 11) is 1.72. The molecule has 24 heavy (non-hydrogen) atoms. The lowest BCUT2D eigenvalue weighted by molar-refractivity contribution is -0.127. The van der Waals surface area contributed by atoms with Crippen LogP contribution in [0.5, 0.6) is 0 Å². The van der Waals surface area contributed by atoms with Crippen LogP contribution in [-0.4, -0.2) is 54.6 Å². The van der Waals surface area contributed by atoms with E-state index in [1.807, 2.05) is 35.2 Å². The first-order chi connectivity index (χ1) is 11.6. The summed E-state index contributed by atoms with van der Waals surface area (Å²) in [4.78, 5) is 28.7. The Hall–Kier alpha value is -2.34. The highest BCUT2D eigenvalue weighted by Crippen LogP contribution is 2.35. The zero-order chi connectivity index (χ0) is 16.7. The summed E-state index contributed by atoms with van der Waals surface area (Å²) in [5, 5.41) is 2.95. The summed E-state index contributed by atoms with van der Waals surface area (Å²) >= 11 is 0. The smallest absolute Gasteiger partial charge is 0.322 e. The maximum atomic E-state index is 13.0. The van der Waals surface area contributed by atoms with Gasteiger partial charge in [-0.3, -0.25) is 9.69 Å². The van der Waals surface area contributed by atoms with E-state index in [1.165, 1.54) is 0 Å². The molecule has 0 bridgehead atoms. The summed E-state index contributed by atoms with van der Waals surface area (Å²) in [5.41, 5.74) is 2.41. The molecule has 3 aliphatic heterocycles. The second-order valence-corrected chi connectivity index (χ2v) is 6.53. The van der Waals surface area contributed by atoms with Crippen LogP contribution < -0.4 is 5.32 Å². The molecule has 4 rings (SSSR count). The van der Waals surface area contributed by atoms with Crippen LogP contribution in [0.2, 0.25) is 0 Å². The molecule has 0 radical (unpaired) electrons. The molecule has 1 aromatic carbocycles. The van der Waals surface area contributed by atoms with E-state index in [1.54, 1.807) is 11.9 Å². The van der Waals surface area contributed by atoms with Gasteiger partial charge in [-0.1, -0.05) is 30.3 Å². The van der Waals surface area contributed by atoms with Crippen molar-refractivity contribution in [3.63, 3.8) is 0 Å². The molecule has 0 aliphatic carbocycles. The van der Waals surface area contributed by atoms with Gasteiger partial charge in [0.1, 0.15) is 0 Å². The van der Waals surface area contributed by atoms with Gasteiger partial charge in [-0.25, -0.2) is 4.79 Å². The van der Waals surface area contributed by atoms with E-state index in [-0.39, 0.29) is 24.1 Å². The molecule has 0 spiro atoms. The topological polar surface area (TPSA) is 61.9 Å². The average molecular weight is 327 g/mol. The van der Waals surface area contributed by atoms with Crippen molar-refractivity contribution in [1.82, 2.24) is 15.1 Å². The molecular formula is C18H21N3O3. The van der Waals surface area contributed by atoms with Gasteiger partial charge in [-0.05, 0) is 18.4 Å². The highest BCUT2D eigenvalue weighted by molar-refractivity contribution is 6.01. The van der Waals surface area contributed by atoms with Gasteiger partial charge in [-0.2, -0.15) is 0 Å². The highest BCUT2D eigenvalue weighted by atomic mass is 16.5. The summed E-state index contributed by atoms with van der Waals surface area (Å²) in [6, 6.07) is 9.10. The highest BCUT2D eigenvalue weighted by Gasteiger charge is 2.43. The number of benzene rings is 1. The molecule has 3 amide bonds. The van der Waals surface area contributed by atoms with Crippen LogP contribution in [0.3, 0.4) is 0 Å². The van der Waals surface area contributed by atoms with Gasteiger partial charge in [0.05, 0.1) is 30.0 Å². The Labute approximate surface area is 141 Å². The van der Waals surface area contributed by atoms with Gasteiger partial charge in [0, 0.05) is 20.2 Å². The fraction of sp³-hybridized carbons (Fsp3) is 0.444. The lowest BCUT2D eigenvalue weighted by atomic mass is 9.96. The lowest BCUT2D eigenvalue weighted by Crippen LogP contribution is -2.45. The Bertz CT molecular complexity index is 695. The standard InChI is InChI=1S/C18H21N3O3/c1-20-14-11-21(10-13-8-5-9-24-13)17(22)15(14)16(19-18(20)23)12-6-3-2-4-7-12/h2-4,6-7,13,16H,5,8-11H2,1H3,(H,19,23)/t13-,16+/m1/s1. The van der Waals surface area contributed by atoms with E-state index in [2.05, 4.69) is 5.32 Å². The second kappa shape index (κ2) is 5.94. The first-order valence-electron chi connectivity index (χ1n) is 8.38. The molecule has 1 aromatic rings. The van der Waals surface area contributed by atoms with Crippen LogP contribution in [-0.2, 0) is 9.53 Å². The molecule has 3 aliphatic rings. The van der Waals surface area contributed by atoms with Crippen LogP contribution >= 0.6 is 0 Å². The average Bonchev–Trinajstić information content (AvgIpc) is 3.22. The Morgan fingerprint density at radius 2 is 2.04 bits per heavy atom. The van der Waals surface area contributed by atoms with Gasteiger partial charge in [0.25, 0.3) is 5.91 Å². The van der Waals surface area contributed by atoms with Crippen molar-refractivity contribution >= 4 is 11.9 Å². The molecule has 0 saturated carbocycles. The summed E-state index contributed by atoms with van der Waals surface area (Å²) in [5.74, 6) is 0.00111. The van der Waals surface area contributed by atoms with E-state index in [0.29, 0.717) is 18.7 Å². The van der Waals surface area contributed by atoms with Crippen molar-refractivity contribution in [3.05, 3.63) is 47.2 Å². The SMILES string of the molecule is CN1C(=O)N[C@@H](c2ccccc2)C2=C1CN(C[C@H]1CCCO1)C2=O. The van der Waals surface area contributed by atoms with Gasteiger partial charge in [0.15, 0.2) is 0 Å². The van der Waals surface area contributed by atoms with Crippen molar-refractivity contribution in [1.29, 1.82) is 0 Å². The zero-order valence-corrected chi connectivity index (χ0v) is 13.7. The minimum atomic E-state index is -0.383. The normalized spacial score (nSPS) is 26.9. The molecule has 6 nitrogen and oxygen atoms in total. The molecule has 0 unspecified atom stereocenters. The van der Waals surface area contributed by atoms with E-state index in [0.717, 1.165) is 30.7 Å². The Kier molecular flexibility index (Phi) is 3.76. The maximum absolute atomic E-state index is 13.0. The number of rotatable bonds is 3. The fourth-order valence-corrected chi connectivity index (χ4v) is 3.70.